The van der Waals surface area contributed by atoms with Crippen LogP contribution in [0.15, 0.2) is 47.3 Å². The van der Waals surface area contributed by atoms with Gasteiger partial charge in [0.15, 0.2) is 0 Å². The number of nitrogen functional groups attached to an aromatic ring is 1. The quantitative estimate of drug-likeness (QED) is 0.274. The van der Waals surface area contributed by atoms with Gasteiger partial charge in [-0.1, -0.05) is 13.0 Å². The lowest BCUT2D eigenvalue weighted by Gasteiger charge is -2.25. The minimum Gasteiger partial charge on any atom is -0.481 e. The first kappa shape index (κ1) is 25.2. The van der Waals surface area contributed by atoms with Crippen LogP contribution in [0.1, 0.15) is 42.1 Å². The van der Waals surface area contributed by atoms with E-state index in [0.29, 0.717) is 17.4 Å². The molecule has 6 N–H and O–H groups in total. The number of carbonyl (C=O) groups is 3. The average molecular weight is 482 g/mol. The molecule has 0 radical (unpaired) electrons. The molecule has 1 aromatic heterocycles. The van der Waals surface area contributed by atoms with Crippen LogP contribution in [-0.4, -0.2) is 50.6 Å². The number of aromatic nitrogens is 2. The maximum Gasteiger partial charge on any atom is 0.326 e. The van der Waals surface area contributed by atoms with Gasteiger partial charge in [-0.05, 0) is 54.8 Å². The Morgan fingerprint density at radius 1 is 1.14 bits per heavy atom. The molecule has 0 fully saturated rings. The number of nitrogens with zero attached hydrogens (tertiary/aromatic N) is 2. The summed E-state index contributed by atoms with van der Waals surface area (Å²) >= 11 is 0. The normalized spacial score (nSPS) is 11.7. The molecule has 3 rings (SSSR count). The molecule has 0 aliphatic rings. The fourth-order valence-electron chi connectivity index (χ4n) is 3.68. The standard InChI is InChI=1S/C24H27N5O6/c1-2-11-29(13-14-3-8-18-17(12-14)22(33)28-24(25)27-18)16-6-4-15(5-7-16)21(32)26-19(23(34)35)9-10-20(30)31/h3-8,12,19H,2,9-11,13H2,1H3,(H,26,32)(H,30,31)(H,34,35)(H3,25,27,28,33)/t19-/m0/s1. The summed E-state index contributed by atoms with van der Waals surface area (Å²) in [4.78, 5) is 55.5. The van der Waals surface area contributed by atoms with E-state index >= 15 is 0 Å². The van der Waals surface area contributed by atoms with Gasteiger partial charge < -0.3 is 26.2 Å². The molecule has 1 atom stereocenters. The molecule has 0 spiro atoms. The van der Waals surface area contributed by atoms with Crippen molar-refractivity contribution in [2.24, 2.45) is 0 Å². The molecule has 35 heavy (non-hydrogen) atoms. The Balaban J connectivity index is 1.75. The van der Waals surface area contributed by atoms with Gasteiger partial charge in [0.05, 0.1) is 10.9 Å². The van der Waals surface area contributed by atoms with E-state index in [1.165, 1.54) is 0 Å². The van der Waals surface area contributed by atoms with Crippen molar-refractivity contribution in [2.75, 3.05) is 17.2 Å². The highest BCUT2D eigenvalue weighted by Gasteiger charge is 2.21. The second kappa shape index (κ2) is 11.1. The summed E-state index contributed by atoms with van der Waals surface area (Å²) in [5.74, 6) is -2.97. The fraction of sp³-hybridized carbons (Fsp3) is 0.292. The number of fused-ring (bicyclic) bond motifs is 1. The van der Waals surface area contributed by atoms with E-state index < -0.39 is 23.9 Å². The predicted octanol–water partition coefficient (Wildman–Crippen LogP) is 1.97. The third-order valence-corrected chi connectivity index (χ3v) is 5.40. The number of nitrogens with one attached hydrogen (secondary N) is 2. The predicted molar refractivity (Wildman–Crippen MR) is 130 cm³/mol. The van der Waals surface area contributed by atoms with Crippen molar-refractivity contribution >= 4 is 40.4 Å². The fourth-order valence-corrected chi connectivity index (χ4v) is 3.68. The maximum absolute atomic E-state index is 12.5. The molecule has 0 aliphatic heterocycles. The number of amides is 1. The first-order valence-electron chi connectivity index (χ1n) is 11.1. The molecule has 1 heterocycles. The summed E-state index contributed by atoms with van der Waals surface area (Å²) in [5.41, 5.74) is 7.80. The van der Waals surface area contributed by atoms with Crippen molar-refractivity contribution in [1.82, 2.24) is 15.3 Å². The number of carboxylic acid groups (broad SMARTS) is 2. The number of hydrogen-bond donors (Lipinski definition) is 5. The summed E-state index contributed by atoms with van der Waals surface area (Å²) in [7, 11) is 0. The smallest absolute Gasteiger partial charge is 0.326 e. The molecule has 11 heteroatoms. The van der Waals surface area contributed by atoms with Crippen LogP contribution in [0.4, 0.5) is 11.6 Å². The summed E-state index contributed by atoms with van der Waals surface area (Å²) in [6, 6.07) is 10.8. The first-order valence-corrected chi connectivity index (χ1v) is 11.1. The SMILES string of the molecule is CCCN(Cc1ccc2nc(N)[nH]c(=O)c2c1)c1ccc(C(=O)N[C@@H](CCC(=O)O)C(=O)O)cc1. The Hall–Kier alpha value is -4.41. The van der Waals surface area contributed by atoms with Gasteiger partial charge in [-0.25, -0.2) is 9.78 Å². The lowest BCUT2D eigenvalue weighted by molar-refractivity contribution is -0.140. The Kier molecular flexibility index (Phi) is 8.03. The topological polar surface area (TPSA) is 179 Å². The highest BCUT2D eigenvalue weighted by Crippen LogP contribution is 2.20. The molecule has 0 unspecified atom stereocenters. The zero-order chi connectivity index (χ0) is 25.5. The third-order valence-electron chi connectivity index (χ3n) is 5.40. The summed E-state index contributed by atoms with van der Waals surface area (Å²) < 4.78 is 0. The first-order chi connectivity index (χ1) is 16.7. The van der Waals surface area contributed by atoms with Gasteiger partial charge in [0, 0.05) is 30.8 Å². The van der Waals surface area contributed by atoms with Gasteiger partial charge >= 0.3 is 11.9 Å². The zero-order valence-corrected chi connectivity index (χ0v) is 19.2. The van der Waals surface area contributed by atoms with Crippen LogP contribution in [0.5, 0.6) is 0 Å². The lowest BCUT2D eigenvalue weighted by Crippen LogP contribution is -2.41. The number of anilines is 2. The number of aromatic amines is 1. The van der Waals surface area contributed by atoms with Crippen LogP contribution in [0.25, 0.3) is 10.9 Å². The van der Waals surface area contributed by atoms with Crippen LogP contribution in [0, 0.1) is 0 Å². The van der Waals surface area contributed by atoms with Gasteiger partial charge in [-0.3, -0.25) is 19.4 Å². The summed E-state index contributed by atoms with van der Waals surface area (Å²) in [5, 5.41) is 20.8. The molecule has 184 valence electrons. The monoisotopic (exact) mass is 481 g/mol. The molecular formula is C24H27N5O6. The number of nitrogens with two attached hydrogens (primary N) is 1. The molecule has 3 aromatic rings. The van der Waals surface area contributed by atoms with Crippen molar-refractivity contribution in [3.63, 3.8) is 0 Å². The largest absolute Gasteiger partial charge is 0.481 e. The Morgan fingerprint density at radius 3 is 2.49 bits per heavy atom. The average Bonchev–Trinajstić information content (AvgIpc) is 2.81. The summed E-state index contributed by atoms with van der Waals surface area (Å²) in [6.45, 7) is 3.27. The minimum absolute atomic E-state index is 0.0588. The molecule has 0 bridgehead atoms. The molecule has 0 saturated carbocycles. The number of rotatable bonds is 11. The van der Waals surface area contributed by atoms with E-state index in [1.807, 2.05) is 13.0 Å². The number of carboxylic acids is 2. The van der Waals surface area contributed by atoms with Crippen molar-refractivity contribution in [3.8, 4) is 0 Å². The minimum atomic E-state index is -1.30. The van der Waals surface area contributed by atoms with Crippen molar-refractivity contribution in [1.29, 1.82) is 0 Å². The number of aliphatic carboxylic acids is 2. The highest BCUT2D eigenvalue weighted by atomic mass is 16.4. The molecular weight excluding hydrogens is 454 g/mol. The van der Waals surface area contributed by atoms with Crippen molar-refractivity contribution in [2.45, 2.75) is 38.8 Å². The van der Waals surface area contributed by atoms with E-state index in [0.717, 1.165) is 24.2 Å². The van der Waals surface area contributed by atoms with Crippen LogP contribution < -0.4 is 21.5 Å². The van der Waals surface area contributed by atoms with E-state index in [2.05, 4.69) is 20.2 Å². The number of carbonyl (C=O) groups excluding carboxylic acids is 1. The van der Waals surface area contributed by atoms with Crippen molar-refractivity contribution < 1.29 is 24.6 Å². The third kappa shape index (κ3) is 6.56. The zero-order valence-electron chi connectivity index (χ0n) is 19.2. The number of benzene rings is 2. The highest BCUT2D eigenvalue weighted by molar-refractivity contribution is 5.97. The van der Waals surface area contributed by atoms with E-state index in [1.54, 1.807) is 36.4 Å². The Labute approximate surface area is 200 Å². The number of hydrogen-bond acceptors (Lipinski definition) is 7. The van der Waals surface area contributed by atoms with Crippen LogP contribution in [-0.2, 0) is 16.1 Å². The molecule has 1 amide bonds. The van der Waals surface area contributed by atoms with Crippen LogP contribution in [0.2, 0.25) is 0 Å². The Bertz CT molecular complexity index is 1290. The van der Waals surface area contributed by atoms with E-state index in [9.17, 15) is 24.3 Å². The van der Waals surface area contributed by atoms with E-state index in [4.69, 9.17) is 10.8 Å². The second-order valence-electron chi connectivity index (χ2n) is 8.07. The summed E-state index contributed by atoms with van der Waals surface area (Å²) in [6.07, 6.45) is 0.278. The molecule has 2 aromatic carbocycles. The van der Waals surface area contributed by atoms with Gasteiger partial charge in [0.2, 0.25) is 5.95 Å². The number of H-pyrrole nitrogens is 1. The maximum atomic E-state index is 12.5. The van der Waals surface area contributed by atoms with Gasteiger partial charge in [0.25, 0.3) is 11.5 Å². The molecule has 0 saturated heterocycles. The Morgan fingerprint density at radius 2 is 1.86 bits per heavy atom. The van der Waals surface area contributed by atoms with Crippen LogP contribution in [0.3, 0.4) is 0 Å². The van der Waals surface area contributed by atoms with Crippen LogP contribution >= 0.6 is 0 Å². The second-order valence-corrected chi connectivity index (χ2v) is 8.07. The molecule has 0 aliphatic carbocycles. The van der Waals surface area contributed by atoms with Gasteiger partial charge in [0.1, 0.15) is 6.04 Å². The van der Waals surface area contributed by atoms with Gasteiger partial charge in [-0.2, -0.15) is 0 Å². The van der Waals surface area contributed by atoms with E-state index in [-0.39, 0.29) is 29.9 Å². The lowest BCUT2D eigenvalue weighted by atomic mass is 10.1. The molecule has 11 nitrogen and oxygen atoms in total. The van der Waals surface area contributed by atoms with Gasteiger partial charge in [-0.15, -0.1) is 0 Å². The van der Waals surface area contributed by atoms with Crippen molar-refractivity contribution in [3.05, 3.63) is 63.9 Å².